The van der Waals surface area contributed by atoms with Gasteiger partial charge in [-0.05, 0) is 36.6 Å². The highest BCUT2D eigenvalue weighted by molar-refractivity contribution is 7.14. The summed E-state index contributed by atoms with van der Waals surface area (Å²) in [5.74, 6) is 0.848. The number of ether oxygens (including phenoxy) is 1. The summed E-state index contributed by atoms with van der Waals surface area (Å²) in [6.07, 6.45) is 6.98. The second-order valence-electron chi connectivity index (χ2n) is 8.13. The lowest BCUT2D eigenvalue weighted by Crippen LogP contribution is -2.55. The van der Waals surface area contributed by atoms with Crippen molar-refractivity contribution in [2.24, 2.45) is 5.92 Å². The number of halogens is 1. The first-order valence-corrected chi connectivity index (χ1v) is 11.9. The maximum atomic E-state index is 12.9. The third kappa shape index (κ3) is 6.18. The molecule has 31 heavy (non-hydrogen) atoms. The molecule has 166 valence electrons. The molecular weight excluding hydrogens is 436 g/mol. The number of nitrogens with zero attached hydrogens (tertiary/aromatic N) is 1. The molecule has 1 saturated heterocycles. The van der Waals surface area contributed by atoms with Gasteiger partial charge in [0.1, 0.15) is 11.9 Å². The molecule has 1 atom stereocenters. The molecule has 2 aromatic heterocycles. The van der Waals surface area contributed by atoms with Gasteiger partial charge in [-0.1, -0.05) is 37.3 Å². The molecule has 4 rings (SSSR count). The Balaban J connectivity index is 1.35. The fourth-order valence-corrected chi connectivity index (χ4v) is 4.95. The molecule has 3 N–H and O–H groups in total. The van der Waals surface area contributed by atoms with Gasteiger partial charge >= 0.3 is 0 Å². The van der Waals surface area contributed by atoms with E-state index in [1.54, 1.807) is 24.4 Å². The van der Waals surface area contributed by atoms with Crippen LogP contribution in [0.1, 0.15) is 46.7 Å². The molecule has 3 heterocycles. The van der Waals surface area contributed by atoms with Crippen molar-refractivity contribution in [1.82, 2.24) is 15.6 Å². The summed E-state index contributed by atoms with van der Waals surface area (Å²) in [5, 5.41) is 9.79. The summed E-state index contributed by atoms with van der Waals surface area (Å²) in [6.45, 7) is 1.62. The first kappa shape index (κ1) is 22.0. The van der Waals surface area contributed by atoms with Crippen LogP contribution < -0.4 is 16.0 Å². The van der Waals surface area contributed by atoms with Crippen LogP contribution in [0.25, 0.3) is 0 Å². The van der Waals surface area contributed by atoms with Crippen molar-refractivity contribution >= 4 is 40.6 Å². The zero-order chi connectivity index (χ0) is 21.6. The van der Waals surface area contributed by atoms with Gasteiger partial charge in [-0.2, -0.15) is 0 Å². The largest absolute Gasteiger partial charge is 0.377 e. The van der Waals surface area contributed by atoms with Gasteiger partial charge in [-0.3, -0.25) is 9.59 Å². The van der Waals surface area contributed by atoms with Crippen LogP contribution in [0.15, 0.2) is 30.5 Å². The van der Waals surface area contributed by atoms with Crippen molar-refractivity contribution in [3.63, 3.8) is 0 Å². The molecular formula is C22H27ClN4O3S. The number of aromatic nitrogens is 1. The zero-order valence-electron chi connectivity index (χ0n) is 17.2. The number of rotatable bonds is 9. The maximum Gasteiger partial charge on any atom is 0.262 e. The monoisotopic (exact) mass is 462 g/mol. The quantitative estimate of drug-likeness (QED) is 0.529. The minimum atomic E-state index is -0.518. The van der Waals surface area contributed by atoms with Gasteiger partial charge in [0.15, 0.2) is 0 Å². The first-order chi connectivity index (χ1) is 15.1. The minimum absolute atomic E-state index is 0.0509. The average molecular weight is 463 g/mol. The van der Waals surface area contributed by atoms with E-state index in [-0.39, 0.29) is 17.9 Å². The van der Waals surface area contributed by atoms with Gasteiger partial charge in [0.05, 0.1) is 30.7 Å². The van der Waals surface area contributed by atoms with Crippen LogP contribution in [0.3, 0.4) is 0 Å². The van der Waals surface area contributed by atoms with E-state index in [0.717, 1.165) is 17.7 Å². The molecule has 0 radical (unpaired) electrons. The topological polar surface area (TPSA) is 92.4 Å². The maximum absolute atomic E-state index is 12.9. The lowest BCUT2D eigenvalue weighted by molar-refractivity contribution is -0.127. The highest BCUT2D eigenvalue weighted by Crippen LogP contribution is 2.29. The number of carbonyl (C=O) groups is 2. The molecule has 0 spiro atoms. The summed E-state index contributed by atoms with van der Waals surface area (Å²) in [5.41, 5.74) is 0. The molecule has 0 aromatic carbocycles. The van der Waals surface area contributed by atoms with Crippen molar-refractivity contribution < 1.29 is 14.3 Å². The Morgan fingerprint density at radius 3 is 2.74 bits per heavy atom. The van der Waals surface area contributed by atoms with Crippen molar-refractivity contribution in [3.05, 3.63) is 45.2 Å². The number of hydrogen-bond donors (Lipinski definition) is 3. The molecule has 0 bridgehead atoms. The van der Waals surface area contributed by atoms with Crippen LogP contribution in [0.5, 0.6) is 0 Å². The third-order valence-corrected chi connectivity index (χ3v) is 7.02. The molecule has 2 aliphatic rings. The van der Waals surface area contributed by atoms with Crippen LogP contribution in [0, 0.1) is 5.92 Å². The molecule has 2 fully saturated rings. The predicted octanol–water partition coefficient (Wildman–Crippen LogP) is 3.60. The van der Waals surface area contributed by atoms with Crippen LogP contribution in [0.2, 0.25) is 5.02 Å². The molecule has 2 amide bonds. The van der Waals surface area contributed by atoms with E-state index < -0.39 is 6.04 Å². The molecule has 0 unspecified atom stereocenters. The van der Waals surface area contributed by atoms with E-state index in [4.69, 9.17) is 16.3 Å². The van der Waals surface area contributed by atoms with Gasteiger partial charge in [0.25, 0.3) is 5.91 Å². The number of amides is 2. The molecule has 1 saturated carbocycles. The van der Waals surface area contributed by atoms with E-state index in [1.807, 2.05) is 6.07 Å². The minimum Gasteiger partial charge on any atom is -0.377 e. The number of anilines is 1. The molecule has 9 heteroatoms. The Bertz CT molecular complexity index is 912. The van der Waals surface area contributed by atoms with Crippen molar-refractivity contribution in [1.29, 1.82) is 0 Å². The van der Waals surface area contributed by atoms with Gasteiger partial charge in [-0.15, -0.1) is 11.3 Å². The highest BCUT2D eigenvalue weighted by Gasteiger charge is 2.30. The van der Waals surface area contributed by atoms with Crippen LogP contribution >= 0.6 is 22.9 Å². The second kappa shape index (κ2) is 10.4. The Labute approximate surface area is 190 Å². The summed E-state index contributed by atoms with van der Waals surface area (Å²) >= 11 is 7.38. The van der Waals surface area contributed by atoms with E-state index >= 15 is 0 Å². The molecule has 1 aliphatic carbocycles. The van der Waals surface area contributed by atoms with Crippen LogP contribution in [-0.4, -0.2) is 42.1 Å². The SMILES string of the molecule is O=C(N[C@@H](CC1CCCC1)C(=O)NC1COC1)c1ccc(CNc2cc(Cl)ccn2)s1. The van der Waals surface area contributed by atoms with Crippen LogP contribution in [-0.2, 0) is 16.1 Å². The zero-order valence-corrected chi connectivity index (χ0v) is 18.8. The number of carbonyl (C=O) groups excluding carboxylic acids is 2. The Morgan fingerprint density at radius 2 is 2.03 bits per heavy atom. The standard InChI is InChI=1S/C22H27ClN4O3S/c23-15-7-8-24-20(10-15)25-11-17-5-6-19(31-17)22(29)27-18(9-14-3-1-2-4-14)21(28)26-16-12-30-13-16/h5-8,10,14,16,18H,1-4,9,11-13H2,(H,24,25)(H,26,28)(H,27,29)/t18-/m0/s1. The van der Waals surface area contributed by atoms with Gasteiger partial charge in [0.2, 0.25) is 5.91 Å². The molecule has 7 nitrogen and oxygen atoms in total. The van der Waals surface area contributed by atoms with Gasteiger partial charge in [-0.25, -0.2) is 4.98 Å². The number of pyridine rings is 1. The number of thiophene rings is 1. The smallest absolute Gasteiger partial charge is 0.262 e. The second-order valence-corrected chi connectivity index (χ2v) is 9.74. The lowest BCUT2D eigenvalue weighted by atomic mass is 9.97. The Kier molecular flexibility index (Phi) is 7.42. The van der Waals surface area contributed by atoms with E-state index in [0.29, 0.717) is 47.8 Å². The predicted molar refractivity (Wildman–Crippen MR) is 121 cm³/mol. The molecule has 2 aromatic rings. The first-order valence-electron chi connectivity index (χ1n) is 10.7. The lowest BCUT2D eigenvalue weighted by Gasteiger charge is -2.29. The summed E-state index contributed by atoms with van der Waals surface area (Å²) < 4.78 is 5.15. The van der Waals surface area contributed by atoms with Crippen molar-refractivity contribution in [2.75, 3.05) is 18.5 Å². The van der Waals surface area contributed by atoms with Crippen molar-refractivity contribution in [3.8, 4) is 0 Å². The third-order valence-electron chi connectivity index (χ3n) is 5.70. The van der Waals surface area contributed by atoms with E-state index in [9.17, 15) is 9.59 Å². The summed E-state index contributed by atoms with van der Waals surface area (Å²) in [7, 11) is 0. The highest BCUT2D eigenvalue weighted by atomic mass is 35.5. The fraction of sp³-hybridized carbons (Fsp3) is 0.500. The van der Waals surface area contributed by atoms with Gasteiger partial charge in [0, 0.05) is 16.1 Å². The number of hydrogen-bond acceptors (Lipinski definition) is 6. The molecule has 1 aliphatic heterocycles. The normalized spacial score (nSPS) is 17.7. The van der Waals surface area contributed by atoms with Gasteiger partial charge < -0.3 is 20.7 Å². The summed E-state index contributed by atoms with van der Waals surface area (Å²) in [4.78, 5) is 31.5. The van der Waals surface area contributed by atoms with Crippen LogP contribution in [0.4, 0.5) is 5.82 Å². The van der Waals surface area contributed by atoms with E-state index in [2.05, 4.69) is 20.9 Å². The Hall–Kier alpha value is -2.16. The van der Waals surface area contributed by atoms with E-state index in [1.165, 1.54) is 24.2 Å². The summed E-state index contributed by atoms with van der Waals surface area (Å²) in [6, 6.07) is 6.71. The average Bonchev–Trinajstić information content (AvgIpc) is 3.40. The number of nitrogens with one attached hydrogen (secondary N) is 3. The van der Waals surface area contributed by atoms with Crippen molar-refractivity contribution in [2.45, 2.75) is 50.7 Å². The fourth-order valence-electron chi connectivity index (χ4n) is 3.94. The Morgan fingerprint density at radius 1 is 1.23 bits per heavy atom.